The van der Waals surface area contributed by atoms with Crippen molar-refractivity contribution in [3.63, 3.8) is 0 Å². The fraction of sp³-hybridized carbons (Fsp3) is 0.533. The lowest BCUT2D eigenvalue weighted by Crippen LogP contribution is -2.41. The van der Waals surface area contributed by atoms with Gasteiger partial charge in [0.05, 0.1) is 13.4 Å². The van der Waals surface area contributed by atoms with Crippen molar-refractivity contribution in [2.45, 2.75) is 12.8 Å². The highest BCUT2D eigenvalue weighted by Gasteiger charge is 2.24. The van der Waals surface area contributed by atoms with Crippen LogP contribution < -0.4 is 15.4 Å². The fourth-order valence-electron chi connectivity index (χ4n) is 2.53. The lowest BCUT2D eigenvalue weighted by molar-refractivity contribution is 0.241. The first-order valence-corrected chi connectivity index (χ1v) is 9.37. The van der Waals surface area contributed by atoms with Gasteiger partial charge in [-0.25, -0.2) is 17.5 Å². The average molecular weight is 341 g/mol. The highest BCUT2D eigenvalue weighted by atomic mass is 32.2. The third-order valence-corrected chi connectivity index (χ3v) is 5.24. The molecule has 0 atom stereocenters. The van der Waals surface area contributed by atoms with Gasteiger partial charge in [0, 0.05) is 25.3 Å². The summed E-state index contributed by atoms with van der Waals surface area (Å²) in [5, 5.41) is 5.59. The van der Waals surface area contributed by atoms with E-state index in [4.69, 9.17) is 4.74 Å². The predicted molar refractivity (Wildman–Crippen MR) is 89.2 cm³/mol. The van der Waals surface area contributed by atoms with E-state index in [1.54, 1.807) is 31.4 Å². The molecule has 7 nitrogen and oxygen atoms in total. The lowest BCUT2D eigenvalue weighted by Gasteiger charge is -2.30. The normalized spacial score (nSPS) is 16.8. The molecule has 0 saturated carbocycles. The smallest absolute Gasteiger partial charge is 0.319 e. The van der Waals surface area contributed by atoms with Crippen LogP contribution >= 0.6 is 0 Å². The number of rotatable bonds is 5. The summed E-state index contributed by atoms with van der Waals surface area (Å²) in [5.41, 5.74) is 0.690. The molecular weight excluding hydrogens is 318 g/mol. The van der Waals surface area contributed by atoms with Gasteiger partial charge in [-0.3, -0.25) is 0 Å². The van der Waals surface area contributed by atoms with Crippen molar-refractivity contribution in [2.24, 2.45) is 5.92 Å². The Labute approximate surface area is 137 Å². The summed E-state index contributed by atoms with van der Waals surface area (Å²) >= 11 is 0. The highest BCUT2D eigenvalue weighted by molar-refractivity contribution is 7.88. The number of carbonyl (C=O) groups is 1. The van der Waals surface area contributed by atoms with Crippen molar-refractivity contribution in [2.75, 3.05) is 38.3 Å². The Bertz CT molecular complexity index is 623. The number of ether oxygens (including phenoxy) is 1. The Morgan fingerprint density at radius 2 is 1.87 bits per heavy atom. The molecule has 1 saturated heterocycles. The minimum Gasteiger partial charge on any atom is -0.497 e. The first kappa shape index (κ1) is 17.6. The van der Waals surface area contributed by atoms with E-state index in [9.17, 15) is 13.2 Å². The molecule has 1 aromatic carbocycles. The molecule has 0 aliphatic carbocycles. The summed E-state index contributed by atoms with van der Waals surface area (Å²) in [5.74, 6) is 1.03. The number of carbonyl (C=O) groups excluding carboxylic acids is 1. The molecule has 2 N–H and O–H groups in total. The number of hydrogen-bond donors (Lipinski definition) is 2. The number of piperidine rings is 1. The molecule has 2 amide bonds. The summed E-state index contributed by atoms with van der Waals surface area (Å²) in [6.07, 6.45) is 2.75. The number of amides is 2. The molecule has 1 heterocycles. The van der Waals surface area contributed by atoms with Crippen LogP contribution in [-0.4, -0.2) is 51.8 Å². The maximum Gasteiger partial charge on any atom is 0.319 e. The summed E-state index contributed by atoms with van der Waals surface area (Å²) in [4.78, 5) is 11.9. The van der Waals surface area contributed by atoms with Gasteiger partial charge in [-0.1, -0.05) is 0 Å². The van der Waals surface area contributed by atoms with Crippen LogP contribution in [0.5, 0.6) is 5.75 Å². The Kier molecular flexibility index (Phi) is 5.84. The van der Waals surface area contributed by atoms with Crippen molar-refractivity contribution in [1.82, 2.24) is 9.62 Å². The Balaban J connectivity index is 1.72. The first-order chi connectivity index (χ1) is 10.9. The van der Waals surface area contributed by atoms with Crippen molar-refractivity contribution in [3.05, 3.63) is 24.3 Å². The molecule has 0 radical (unpaired) electrons. The van der Waals surface area contributed by atoms with Gasteiger partial charge in [0.15, 0.2) is 0 Å². The third-order valence-electron chi connectivity index (χ3n) is 3.94. The topological polar surface area (TPSA) is 87.7 Å². The minimum atomic E-state index is -3.10. The van der Waals surface area contributed by atoms with Crippen LogP contribution in [0.1, 0.15) is 12.8 Å². The van der Waals surface area contributed by atoms with E-state index in [-0.39, 0.29) is 6.03 Å². The predicted octanol–water partition coefficient (Wildman–Crippen LogP) is 1.49. The molecule has 1 fully saturated rings. The van der Waals surface area contributed by atoms with Gasteiger partial charge in [-0.2, -0.15) is 0 Å². The molecule has 8 heteroatoms. The molecule has 0 spiro atoms. The van der Waals surface area contributed by atoms with E-state index in [2.05, 4.69) is 10.6 Å². The number of nitrogens with zero attached hydrogens (tertiary/aromatic N) is 1. The summed E-state index contributed by atoms with van der Waals surface area (Å²) in [6.45, 7) is 1.58. The van der Waals surface area contributed by atoms with Crippen LogP contribution in [0, 0.1) is 5.92 Å². The number of sulfonamides is 1. The maximum absolute atomic E-state index is 11.9. The Morgan fingerprint density at radius 1 is 1.26 bits per heavy atom. The van der Waals surface area contributed by atoms with Gasteiger partial charge >= 0.3 is 6.03 Å². The lowest BCUT2D eigenvalue weighted by atomic mass is 9.98. The molecule has 2 rings (SSSR count). The standard InChI is InChI=1S/C15H23N3O4S/c1-22-14-5-3-13(4-6-14)17-15(19)16-11-12-7-9-18(10-8-12)23(2,20)21/h3-6,12H,7-11H2,1-2H3,(H2,16,17,19). The van der Waals surface area contributed by atoms with E-state index >= 15 is 0 Å². The van der Waals surface area contributed by atoms with Crippen LogP contribution in [-0.2, 0) is 10.0 Å². The van der Waals surface area contributed by atoms with Crippen LogP contribution in [0.2, 0.25) is 0 Å². The van der Waals surface area contributed by atoms with Crippen molar-refractivity contribution in [1.29, 1.82) is 0 Å². The fourth-order valence-corrected chi connectivity index (χ4v) is 3.41. The van der Waals surface area contributed by atoms with Gasteiger partial charge in [0.25, 0.3) is 0 Å². The molecule has 128 valence electrons. The quantitative estimate of drug-likeness (QED) is 0.849. The Morgan fingerprint density at radius 3 is 2.39 bits per heavy atom. The monoisotopic (exact) mass is 341 g/mol. The molecule has 1 aromatic rings. The number of hydrogen-bond acceptors (Lipinski definition) is 4. The average Bonchev–Trinajstić information content (AvgIpc) is 2.53. The zero-order valence-corrected chi connectivity index (χ0v) is 14.2. The van der Waals surface area contributed by atoms with Gasteiger partial charge < -0.3 is 15.4 Å². The van der Waals surface area contributed by atoms with E-state index in [1.807, 2.05) is 0 Å². The maximum atomic E-state index is 11.9. The number of methoxy groups -OCH3 is 1. The van der Waals surface area contributed by atoms with Crippen LogP contribution in [0.15, 0.2) is 24.3 Å². The largest absolute Gasteiger partial charge is 0.497 e. The second-order valence-corrected chi connectivity index (χ2v) is 7.65. The van der Waals surface area contributed by atoms with Gasteiger partial charge in [0.2, 0.25) is 10.0 Å². The van der Waals surface area contributed by atoms with Crippen molar-refractivity contribution < 1.29 is 17.9 Å². The highest BCUT2D eigenvalue weighted by Crippen LogP contribution is 2.18. The van der Waals surface area contributed by atoms with Gasteiger partial charge in [-0.15, -0.1) is 0 Å². The van der Waals surface area contributed by atoms with E-state index < -0.39 is 10.0 Å². The number of anilines is 1. The second-order valence-electron chi connectivity index (χ2n) is 5.67. The number of urea groups is 1. The minimum absolute atomic E-state index is 0.263. The molecule has 0 bridgehead atoms. The molecule has 0 aromatic heterocycles. The van der Waals surface area contributed by atoms with Crippen LogP contribution in [0.25, 0.3) is 0 Å². The van der Waals surface area contributed by atoms with E-state index in [0.717, 1.165) is 18.6 Å². The summed E-state index contributed by atoms with van der Waals surface area (Å²) in [6, 6.07) is 6.82. The zero-order valence-electron chi connectivity index (χ0n) is 13.4. The summed E-state index contributed by atoms with van der Waals surface area (Å²) in [7, 11) is -1.52. The third kappa shape index (κ3) is 5.40. The van der Waals surface area contributed by atoms with Crippen LogP contribution in [0.3, 0.4) is 0 Å². The number of nitrogens with one attached hydrogen (secondary N) is 2. The first-order valence-electron chi connectivity index (χ1n) is 7.52. The van der Waals surface area contributed by atoms with Gasteiger partial charge in [0.1, 0.15) is 5.75 Å². The van der Waals surface area contributed by atoms with Gasteiger partial charge in [-0.05, 0) is 43.0 Å². The van der Waals surface area contributed by atoms with E-state index in [1.165, 1.54) is 10.6 Å². The number of benzene rings is 1. The van der Waals surface area contributed by atoms with Crippen molar-refractivity contribution in [3.8, 4) is 5.75 Å². The molecule has 1 aliphatic heterocycles. The zero-order chi connectivity index (χ0) is 16.9. The second kappa shape index (κ2) is 7.65. The Hall–Kier alpha value is -1.80. The molecule has 0 unspecified atom stereocenters. The van der Waals surface area contributed by atoms with Crippen LogP contribution in [0.4, 0.5) is 10.5 Å². The SMILES string of the molecule is COc1ccc(NC(=O)NCC2CCN(S(C)(=O)=O)CC2)cc1. The molecule has 23 heavy (non-hydrogen) atoms. The van der Waals surface area contributed by atoms with Crippen molar-refractivity contribution >= 4 is 21.7 Å². The van der Waals surface area contributed by atoms with E-state index in [0.29, 0.717) is 31.2 Å². The molecular formula is C15H23N3O4S. The summed E-state index contributed by atoms with van der Waals surface area (Å²) < 4.78 is 29.4. The molecule has 1 aliphatic rings.